The van der Waals surface area contributed by atoms with Gasteiger partial charge >= 0.3 is 0 Å². The lowest BCUT2D eigenvalue weighted by Gasteiger charge is -2.09. The summed E-state index contributed by atoms with van der Waals surface area (Å²) >= 11 is 3.28. The Kier molecular flexibility index (Phi) is 3.25. The van der Waals surface area contributed by atoms with E-state index in [9.17, 15) is 0 Å². The summed E-state index contributed by atoms with van der Waals surface area (Å²) in [5.41, 5.74) is 6.62. The highest BCUT2D eigenvalue weighted by Crippen LogP contribution is 2.33. The van der Waals surface area contributed by atoms with Gasteiger partial charge in [-0.25, -0.2) is 9.97 Å². The number of ether oxygens (including phenoxy) is 2. The molecule has 0 unspecified atom stereocenters. The number of hydrogen-bond acceptors (Lipinski definition) is 5. The molecule has 0 atom stereocenters. The standard InChI is InChI=1S/C13H12BrN3O2/c14-9-7-16-13(17-12(9)15)8-2-3-10-11(6-8)19-5-1-4-18-10/h2-3,6-7H,1,4-5H2,(H2,15,16,17). The van der Waals surface area contributed by atoms with Crippen molar-refractivity contribution in [3.8, 4) is 22.9 Å². The van der Waals surface area contributed by atoms with Gasteiger partial charge in [-0.15, -0.1) is 0 Å². The van der Waals surface area contributed by atoms with Crippen LogP contribution >= 0.6 is 15.9 Å². The zero-order valence-electron chi connectivity index (χ0n) is 10.1. The molecule has 0 bridgehead atoms. The lowest BCUT2D eigenvalue weighted by atomic mass is 10.2. The van der Waals surface area contributed by atoms with Crippen molar-refractivity contribution >= 4 is 21.7 Å². The van der Waals surface area contributed by atoms with Crippen LogP contribution in [0.15, 0.2) is 28.9 Å². The third-order valence-electron chi connectivity index (χ3n) is 2.78. The summed E-state index contributed by atoms with van der Waals surface area (Å²) < 4.78 is 11.9. The molecule has 2 aromatic rings. The molecule has 1 aliphatic heterocycles. The highest BCUT2D eigenvalue weighted by atomic mass is 79.9. The van der Waals surface area contributed by atoms with E-state index in [4.69, 9.17) is 15.2 Å². The Labute approximate surface area is 118 Å². The second kappa shape index (κ2) is 5.05. The molecule has 6 heteroatoms. The fraction of sp³-hybridized carbons (Fsp3) is 0.231. The fourth-order valence-electron chi connectivity index (χ4n) is 1.82. The summed E-state index contributed by atoms with van der Waals surface area (Å²) in [6, 6.07) is 5.65. The monoisotopic (exact) mass is 321 g/mol. The van der Waals surface area contributed by atoms with E-state index in [1.807, 2.05) is 18.2 Å². The van der Waals surface area contributed by atoms with Gasteiger partial charge in [0, 0.05) is 18.2 Å². The van der Waals surface area contributed by atoms with Gasteiger partial charge in [0.1, 0.15) is 5.82 Å². The molecule has 1 aromatic heterocycles. The average molecular weight is 322 g/mol. The summed E-state index contributed by atoms with van der Waals surface area (Å²) in [6.45, 7) is 1.33. The smallest absolute Gasteiger partial charge is 0.161 e. The lowest BCUT2D eigenvalue weighted by molar-refractivity contribution is 0.297. The van der Waals surface area contributed by atoms with Crippen molar-refractivity contribution in [2.75, 3.05) is 18.9 Å². The first-order valence-corrected chi connectivity index (χ1v) is 6.71. The second-order valence-corrected chi connectivity index (χ2v) is 4.99. The van der Waals surface area contributed by atoms with Crippen molar-refractivity contribution in [1.82, 2.24) is 9.97 Å². The minimum Gasteiger partial charge on any atom is -0.490 e. The summed E-state index contributed by atoms with van der Waals surface area (Å²) in [4.78, 5) is 8.49. The van der Waals surface area contributed by atoms with Crippen LogP contribution in [-0.2, 0) is 0 Å². The van der Waals surface area contributed by atoms with Gasteiger partial charge in [-0.3, -0.25) is 0 Å². The van der Waals surface area contributed by atoms with Crippen LogP contribution in [-0.4, -0.2) is 23.2 Å². The molecular formula is C13H12BrN3O2. The van der Waals surface area contributed by atoms with Gasteiger partial charge in [-0.05, 0) is 34.1 Å². The normalized spacial score (nSPS) is 13.9. The highest BCUT2D eigenvalue weighted by molar-refractivity contribution is 9.10. The van der Waals surface area contributed by atoms with Gasteiger partial charge in [0.15, 0.2) is 17.3 Å². The topological polar surface area (TPSA) is 70.3 Å². The van der Waals surface area contributed by atoms with Crippen LogP contribution in [0.2, 0.25) is 0 Å². The Bertz CT molecular complexity index is 619. The molecule has 0 radical (unpaired) electrons. The summed E-state index contributed by atoms with van der Waals surface area (Å²) in [5, 5.41) is 0. The van der Waals surface area contributed by atoms with E-state index < -0.39 is 0 Å². The molecule has 3 rings (SSSR count). The van der Waals surface area contributed by atoms with E-state index >= 15 is 0 Å². The van der Waals surface area contributed by atoms with Gasteiger partial charge in [0.05, 0.1) is 17.7 Å². The van der Waals surface area contributed by atoms with Crippen LogP contribution in [0.25, 0.3) is 11.4 Å². The SMILES string of the molecule is Nc1nc(-c2ccc3c(c2)OCCCO3)ncc1Br. The molecular weight excluding hydrogens is 310 g/mol. The number of nitrogens with zero attached hydrogens (tertiary/aromatic N) is 2. The van der Waals surface area contributed by atoms with E-state index in [-0.39, 0.29) is 0 Å². The molecule has 0 spiro atoms. The third kappa shape index (κ3) is 2.49. The van der Waals surface area contributed by atoms with Crippen molar-refractivity contribution in [2.24, 2.45) is 0 Å². The average Bonchev–Trinajstić information content (AvgIpc) is 2.66. The largest absolute Gasteiger partial charge is 0.490 e. The van der Waals surface area contributed by atoms with Crippen LogP contribution in [0.4, 0.5) is 5.82 Å². The van der Waals surface area contributed by atoms with E-state index in [1.54, 1.807) is 6.20 Å². The Morgan fingerprint density at radius 1 is 1.16 bits per heavy atom. The fourth-order valence-corrected chi connectivity index (χ4v) is 2.01. The lowest BCUT2D eigenvalue weighted by Crippen LogP contribution is -1.98. The molecule has 0 aliphatic carbocycles. The molecule has 0 saturated heterocycles. The quantitative estimate of drug-likeness (QED) is 0.874. The Morgan fingerprint density at radius 3 is 2.74 bits per heavy atom. The predicted molar refractivity (Wildman–Crippen MR) is 75.2 cm³/mol. The highest BCUT2D eigenvalue weighted by Gasteiger charge is 2.13. The van der Waals surface area contributed by atoms with Crippen molar-refractivity contribution in [3.63, 3.8) is 0 Å². The first-order chi connectivity index (χ1) is 9.24. The molecule has 98 valence electrons. The number of rotatable bonds is 1. The molecule has 0 amide bonds. The van der Waals surface area contributed by atoms with Gasteiger partial charge in [0.25, 0.3) is 0 Å². The molecule has 1 aliphatic rings. The van der Waals surface area contributed by atoms with Crippen LogP contribution in [0.3, 0.4) is 0 Å². The summed E-state index contributed by atoms with van der Waals surface area (Å²) in [6.07, 6.45) is 2.52. The van der Waals surface area contributed by atoms with Crippen molar-refractivity contribution in [2.45, 2.75) is 6.42 Å². The van der Waals surface area contributed by atoms with Crippen molar-refractivity contribution < 1.29 is 9.47 Å². The van der Waals surface area contributed by atoms with Gasteiger partial charge in [0.2, 0.25) is 0 Å². The number of nitrogens with two attached hydrogens (primary N) is 1. The minimum atomic E-state index is 0.414. The Hall–Kier alpha value is -1.82. The molecule has 2 heterocycles. The van der Waals surface area contributed by atoms with Crippen molar-refractivity contribution in [1.29, 1.82) is 0 Å². The Morgan fingerprint density at radius 2 is 1.95 bits per heavy atom. The molecule has 0 fully saturated rings. The summed E-state index contributed by atoms with van der Waals surface area (Å²) in [5.74, 6) is 2.46. The first-order valence-electron chi connectivity index (χ1n) is 5.92. The van der Waals surface area contributed by atoms with Crippen LogP contribution in [0, 0.1) is 0 Å². The van der Waals surface area contributed by atoms with E-state index in [0.29, 0.717) is 29.3 Å². The van der Waals surface area contributed by atoms with Crippen LogP contribution in [0.5, 0.6) is 11.5 Å². The van der Waals surface area contributed by atoms with Gasteiger partial charge in [-0.2, -0.15) is 0 Å². The van der Waals surface area contributed by atoms with E-state index in [2.05, 4.69) is 25.9 Å². The van der Waals surface area contributed by atoms with E-state index in [0.717, 1.165) is 23.5 Å². The number of hydrogen-bond donors (Lipinski definition) is 1. The maximum atomic E-state index is 5.77. The number of fused-ring (bicyclic) bond motifs is 1. The maximum Gasteiger partial charge on any atom is 0.161 e. The number of benzene rings is 1. The number of anilines is 1. The maximum absolute atomic E-state index is 5.77. The predicted octanol–water partition coefficient (Wildman–Crippen LogP) is 2.65. The zero-order chi connectivity index (χ0) is 13.2. The van der Waals surface area contributed by atoms with Crippen LogP contribution < -0.4 is 15.2 Å². The first kappa shape index (κ1) is 12.2. The molecule has 0 saturated carbocycles. The number of aromatic nitrogens is 2. The third-order valence-corrected chi connectivity index (χ3v) is 3.39. The molecule has 2 N–H and O–H groups in total. The van der Waals surface area contributed by atoms with E-state index in [1.165, 1.54) is 0 Å². The second-order valence-electron chi connectivity index (χ2n) is 4.14. The van der Waals surface area contributed by atoms with Crippen molar-refractivity contribution in [3.05, 3.63) is 28.9 Å². The molecule has 19 heavy (non-hydrogen) atoms. The minimum absolute atomic E-state index is 0.414. The van der Waals surface area contributed by atoms with Gasteiger partial charge < -0.3 is 15.2 Å². The van der Waals surface area contributed by atoms with Gasteiger partial charge in [-0.1, -0.05) is 0 Å². The number of halogens is 1. The Balaban J connectivity index is 2.01. The summed E-state index contributed by atoms with van der Waals surface area (Å²) in [7, 11) is 0. The molecule has 5 nitrogen and oxygen atoms in total. The van der Waals surface area contributed by atoms with Crippen LogP contribution in [0.1, 0.15) is 6.42 Å². The molecule has 1 aromatic carbocycles. The number of nitrogen functional groups attached to an aromatic ring is 1. The zero-order valence-corrected chi connectivity index (χ0v) is 11.7.